The van der Waals surface area contributed by atoms with Gasteiger partial charge in [-0.25, -0.2) is 0 Å². The van der Waals surface area contributed by atoms with Gasteiger partial charge in [0.15, 0.2) is 0 Å². The number of hydrogen-bond acceptors (Lipinski definition) is 8. The minimum atomic E-state index is -0.226. The number of anilines is 1. The number of piperazine rings is 1. The SMILES string of the molecule is C=CC(=O)N1CCN(c2nc(OCC3CCCN3C)nc3c2CN([C@@H]2Cc4cccc5cccc2c45)C3)CC1CC#N. The molecular weight excluding hydrogens is 526 g/mol. The van der Waals surface area contributed by atoms with Crippen LogP contribution in [0.25, 0.3) is 10.8 Å². The van der Waals surface area contributed by atoms with E-state index in [-0.39, 0.29) is 24.4 Å². The molecular formula is C33H37N7O2. The van der Waals surface area contributed by atoms with E-state index in [9.17, 15) is 10.1 Å². The average Bonchev–Trinajstić information content (AvgIpc) is 3.73. The van der Waals surface area contributed by atoms with Crippen LogP contribution in [-0.2, 0) is 24.3 Å². The van der Waals surface area contributed by atoms with Crippen LogP contribution in [0.5, 0.6) is 6.01 Å². The molecule has 4 aliphatic rings. The zero-order valence-electron chi connectivity index (χ0n) is 24.2. The number of hydrogen-bond donors (Lipinski definition) is 0. The van der Waals surface area contributed by atoms with E-state index in [2.05, 4.69) is 70.8 Å². The van der Waals surface area contributed by atoms with Crippen molar-refractivity contribution in [3.05, 3.63) is 71.4 Å². The molecule has 7 rings (SSSR count). The molecule has 4 heterocycles. The predicted molar refractivity (Wildman–Crippen MR) is 161 cm³/mol. The number of benzene rings is 2. The van der Waals surface area contributed by atoms with E-state index in [1.165, 1.54) is 34.4 Å². The second-order valence-corrected chi connectivity index (χ2v) is 12.0. The van der Waals surface area contributed by atoms with Gasteiger partial charge in [0, 0.05) is 50.4 Å². The van der Waals surface area contributed by atoms with E-state index in [1.54, 1.807) is 4.90 Å². The molecule has 2 aromatic carbocycles. The summed E-state index contributed by atoms with van der Waals surface area (Å²) >= 11 is 0. The second kappa shape index (κ2) is 11.0. The van der Waals surface area contributed by atoms with Crippen LogP contribution in [-0.4, -0.2) is 82.5 Å². The van der Waals surface area contributed by atoms with Gasteiger partial charge in [-0.3, -0.25) is 9.69 Å². The molecule has 0 saturated carbocycles. The Hall–Kier alpha value is -4.00. The quantitative estimate of drug-likeness (QED) is 0.401. The highest BCUT2D eigenvalue weighted by Crippen LogP contribution is 2.44. The van der Waals surface area contributed by atoms with Crippen molar-refractivity contribution in [2.24, 2.45) is 0 Å². The molecule has 216 valence electrons. The minimum Gasteiger partial charge on any atom is -0.462 e. The van der Waals surface area contributed by atoms with Crippen molar-refractivity contribution in [1.82, 2.24) is 24.7 Å². The van der Waals surface area contributed by atoms with Crippen LogP contribution in [0.3, 0.4) is 0 Å². The number of aromatic nitrogens is 2. The lowest BCUT2D eigenvalue weighted by molar-refractivity contribution is -0.128. The summed E-state index contributed by atoms with van der Waals surface area (Å²) in [4.78, 5) is 31.4. The molecule has 2 unspecified atom stereocenters. The Kier molecular flexibility index (Phi) is 7.04. The van der Waals surface area contributed by atoms with E-state index in [0.717, 1.165) is 49.6 Å². The third-order valence-corrected chi connectivity index (χ3v) is 9.64. The highest BCUT2D eigenvalue weighted by molar-refractivity contribution is 5.91. The van der Waals surface area contributed by atoms with E-state index in [1.807, 2.05) is 0 Å². The first-order valence-electron chi connectivity index (χ1n) is 15.1. The number of fused-ring (bicyclic) bond motifs is 1. The Morgan fingerprint density at radius 3 is 2.79 bits per heavy atom. The molecule has 0 radical (unpaired) electrons. The van der Waals surface area contributed by atoms with Crippen LogP contribution in [0.4, 0.5) is 5.82 Å². The topological polar surface area (TPSA) is 88.8 Å². The van der Waals surface area contributed by atoms with Crippen molar-refractivity contribution in [3.63, 3.8) is 0 Å². The number of nitriles is 1. The fourth-order valence-corrected chi connectivity index (χ4v) is 7.42. The van der Waals surface area contributed by atoms with Gasteiger partial charge >= 0.3 is 6.01 Å². The normalized spacial score (nSPS) is 23.8. The molecule has 3 aromatic rings. The molecule has 2 saturated heterocycles. The number of likely N-dealkylation sites (tertiary alicyclic amines) is 1. The first-order chi connectivity index (χ1) is 20.5. The summed E-state index contributed by atoms with van der Waals surface area (Å²) in [6, 6.07) is 16.4. The van der Waals surface area contributed by atoms with Gasteiger partial charge in [-0.15, -0.1) is 0 Å². The molecule has 0 bridgehead atoms. The maximum absolute atomic E-state index is 12.6. The summed E-state index contributed by atoms with van der Waals surface area (Å²) in [7, 11) is 2.15. The van der Waals surface area contributed by atoms with Crippen LogP contribution >= 0.6 is 0 Å². The number of carbonyl (C=O) groups excluding carboxylic acids is 1. The molecule has 42 heavy (non-hydrogen) atoms. The molecule has 0 spiro atoms. The Labute approximate surface area is 247 Å². The predicted octanol–water partition coefficient (Wildman–Crippen LogP) is 3.83. The Balaban J connectivity index is 1.20. The second-order valence-electron chi connectivity index (χ2n) is 12.0. The van der Waals surface area contributed by atoms with Crippen molar-refractivity contribution in [2.75, 3.05) is 44.7 Å². The Morgan fingerprint density at radius 1 is 1.14 bits per heavy atom. The molecule has 9 heteroatoms. The largest absolute Gasteiger partial charge is 0.462 e. The first kappa shape index (κ1) is 26.9. The van der Waals surface area contributed by atoms with E-state index < -0.39 is 0 Å². The number of rotatable bonds is 7. The van der Waals surface area contributed by atoms with Crippen molar-refractivity contribution in [3.8, 4) is 12.1 Å². The molecule has 1 aliphatic carbocycles. The average molecular weight is 564 g/mol. The van der Waals surface area contributed by atoms with Gasteiger partial charge in [0.05, 0.1) is 24.2 Å². The van der Waals surface area contributed by atoms with Gasteiger partial charge in [-0.1, -0.05) is 43.0 Å². The summed E-state index contributed by atoms with van der Waals surface area (Å²) in [5.41, 5.74) is 4.93. The third kappa shape index (κ3) is 4.69. The van der Waals surface area contributed by atoms with E-state index in [0.29, 0.717) is 38.3 Å². The van der Waals surface area contributed by atoms with Gasteiger partial charge < -0.3 is 19.4 Å². The summed E-state index contributed by atoms with van der Waals surface area (Å²) in [5, 5.41) is 12.2. The number of amides is 1. The molecule has 3 atom stereocenters. The van der Waals surface area contributed by atoms with Crippen LogP contribution < -0.4 is 9.64 Å². The number of nitrogens with zero attached hydrogens (tertiary/aromatic N) is 7. The minimum absolute atomic E-state index is 0.131. The van der Waals surface area contributed by atoms with Crippen molar-refractivity contribution < 1.29 is 9.53 Å². The lowest BCUT2D eigenvalue weighted by Crippen LogP contribution is -2.55. The number of likely N-dealkylation sites (N-methyl/N-ethyl adjacent to an activating group) is 1. The molecule has 9 nitrogen and oxygen atoms in total. The third-order valence-electron chi connectivity index (χ3n) is 9.64. The smallest absolute Gasteiger partial charge is 0.318 e. The van der Waals surface area contributed by atoms with Gasteiger partial charge in [0.25, 0.3) is 0 Å². The molecule has 0 N–H and O–H groups in total. The lowest BCUT2D eigenvalue weighted by Gasteiger charge is -2.41. The zero-order chi connectivity index (χ0) is 28.8. The maximum Gasteiger partial charge on any atom is 0.318 e. The molecule has 1 amide bonds. The van der Waals surface area contributed by atoms with Crippen molar-refractivity contribution in [2.45, 2.75) is 56.9 Å². The molecule has 3 aliphatic heterocycles. The molecule has 2 fully saturated rings. The molecule has 1 aromatic heterocycles. The number of carbonyl (C=O) groups is 1. The van der Waals surface area contributed by atoms with Crippen molar-refractivity contribution >= 4 is 22.5 Å². The van der Waals surface area contributed by atoms with Crippen LogP contribution in [0, 0.1) is 11.3 Å². The van der Waals surface area contributed by atoms with Gasteiger partial charge in [0.2, 0.25) is 5.91 Å². The monoisotopic (exact) mass is 563 g/mol. The zero-order valence-corrected chi connectivity index (χ0v) is 24.2. The van der Waals surface area contributed by atoms with E-state index in [4.69, 9.17) is 14.7 Å². The fourth-order valence-electron chi connectivity index (χ4n) is 7.42. The van der Waals surface area contributed by atoms with Crippen molar-refractivity contribution in [1.29, 1.82) is 5.26 Å². The van der Waals surface area contributed by atoms with Gasteiger partial charge in [-0.05, 0) is 60.8 Å². The fraction of sp³-hybridized carbons (Fsp3) is 0.455. The van der Waals surface area contributed by atoms with Crippen LogP contribution in [0.2, 0.25) is 0 Å². The van der Waals surface area contributed by atoms with Crippen LogP contribution in [0.1, 0.15) is 47.7 Å². The number of ether oxygens (including phenoxy) is 1. The maximum atomic E-state index is 12.6. The summed E-state index contributed by atoms with van der Waals surface area (Å²) in [5.74, 6) is 0.744. The van der Waals surface area contributed by atoms with Gasteiger partial charge in [0.1, 0.15) is 12.4 Å². The summed E-state index contributed by atoms with van der Waals surface area (Å²) in [6.45, 7) is 8.48. The van der Waals surface area contributed by atoms with E-state index >= 15 is 0 Å². The highest BCUT2D eigenvalue weighted by atomic mass is 16.5. The highest BCUT2D eigenvalue weighted by Gasteiger charge is 2.38. The lowest BCUT2D eigenvalue weighted by atomic mass is 10.0. The standard InChI is InChI=1S/C33H37N7O2/c1-3-30(41)40-16-15-38(18-24(40)12-13-34)32-27-19-39(29-17-23-9-4-7-22-8-5-11-26(29)31(22)23)20-28(27)35-33(36-32)42-21-25-10-6-14-37(25)2/h3-5,7-9,11,24-25,29H,1,6,10,12,14-21H2,2H3/t24?,25?,29-/m1/s1. The van der Waals surface area contributed by atoms with Crippen LogP contribution in [0.15, 0.2) is 49.1 Å². The summed E-state index contributed by atoms with van der Waals surface area (Å²) < 4.78 is 6.29. The first-order valence-corrected chi connectivity index (χ1v) is 15.1. The van der Waals surface area contributed by atoms with Gasteiger partial charge in [-0.2, -0.15) is 15.2 Å². The summed E-state index contributed by atoms with van der Waals surface area (Å²) in [6.07, 6.45) is 4.88. The Morgan fingerprint density at radius 2 is 2.00 bits per heavy atom. The Bertz CT molecular complexity index is 1580.